The van der Waals surface area contributed by atoms with E-state index >= 15 is 0 Å². The number of rotatable bonds is 3. The molecule has 2 rings (SSSR count). The third kappa shape index (κ3) is 2.39. The summed E-state index contributed by atoms with van der Waals surface area (Å²) in [6.07, 6.45) is -0.565. The molecule has 1 aliphatic rings. The van der Waals surface area contributed by atoms with Crippen LogP contribution in [0.1, 0.15) is 13.3 Å². The molecule has 1 fully saturated rings. The lowest BCUT2D eigenvalue weighted by molar-refractivity contribution is -0.117. The van der Waals surface area contributed by atoms with Crippen molar-refractivity contribution in [3.63, 3.8) is 0 Å². The Bertz CT molecular complexity index is 436. The average Bonchev–Trinajstić information content (AvgIpc) is 2.59. The summed E-state index contributed by atoms with van der Waals surface area (Å²) in [5, 5.41) is 9.43. The van der Waals surface area contributed by atoms with Gasteiger partial charge in [-0.15, -0.1) is 0 Å². The van der Waals surface area contributed by atoms with Crippen molar-refractivity contribution in [3.05, 3.63) is 24.0 Å². The van der Waals surface area contributed by atoms with E-state index in [1.807, 2.05) is 0 Å². The van der Waals surface area contributed by atoms with Gasteiger partial charge in [-0.1, -0.05) is 0 Å². The van der Waals surface area contributed by atoms with Crippen LogP contribution < -0.4 is 9.64 Å². The maximum atomic E-state index is 13.1. The molecule has 4 nitrogen and oxygen atoms in total. The van der Waals surface area contributed by atoms with Crippen LogP contribution in [0.15, 0.2) is 18.2 Å². The van der Waals surface area contributed by atoms with Gasteiger partial charge in [-0.3, -0.25) is 4.79 Å². The summed E-state index contributed by atoms with van der Waals surface area (Å²) in [6, 6.07) is 4.02. The first-order chi connectivity index (χ1) is 8.11. The quantitative estimate of drug-likeness (QED) is 0.865. The molecule has 0 aromatic heterocycles. The first-order valence-electron chi connectivity index (χ1n) is 5.52. The van der Waals surface area contributed by atoms with Gasteiger partial charge < -0.3 is 14.7 Å². The summed E-state index contributed by atoms with van der Waals surface area (Å²) in [6.45, 7) is 2.40. The molecular formula is C12H14FNO3. The molecule has 17 heavy (non-hydrogen) atoms. The molecule has 0 spiro atoms. The topological polar surface area (TPSA) is 49.8 Å². The fraction of sp³-hybridized carbons (Fsp3) is 0.417. The summed E-state index contributed by atoms with van der Waals surface area (Å²) in [4.78, 5) is 13.1. The van der Waals surface area contributed by atoms with Crippen LogP contribution in [0.3, 0.4) is 0 Å². The van der Waals surface area contributed by atoms with Crippen molar-refractivity contribution >= 4 is 11.6 Å². The molecule has 1 heterocycles. The molecule has 92 valence electrons. The Hall–Kier alpha value is -1.62. The number of carbonyl (C=O) groups is 1. The van der Waals surface area contributed by atoms with Crippen LogP contribution in [0.25, 0.3) is 0 Å². The molecule has 0 radical (unpaired) electrons. The Balaban J connectivity index is 2.34. The minimum absolute atomic E-state index is 0.100. The number of amides is 1. The van der Waals surface area contributed by atoms with Gasteiger partial charge in [0.1, 0.15) is 11.6 Å². The van der Waals surface area contributed by atoms with Gasteiger partial charge in [0.2, 0.25) is 5.91 Å². The Labute approximate surface area is 98.6 Å². The minimum Gasteiger partial charge on any atom is -0.492 e. The van der Waals surface area contributed by atoms with Crippen molar-refractivity contribution in [2.75, 3.05) is 18.1 Å². The van der Waals surface area contributed by atoms with Crippen molar-refractivity contribution in [1.82, 2.24) is 0 Å². The highest BCUT2D eigenvalue weighted by Crippen LogP contribution is 2.32. The molecular weight excluding hydrogens is 225 g/mol. The highest BCUT2D eigenvalue weighted by Gasteiger charge is 2.30. The molecule has 1 unspecified atom stereocenters. The first-order valence-corrected chi connectivity index (χ1v) is 5.52. The van der Waals surface area contributed by atoms with Gasteiger partial charge in [0, 0.05) is 6.07 Å². The molecule has 1 saturated heterocycles. The fourth-order valence-corrected chi connectivity index (χ4v) is 1.90. The van der Waals surface area contributed by atoms with Crippen molar-refractivity contribution < 1.29 is 19.0 Å². The van der Waals surface area contributed by atoms with E-state index in [1.54, 1.807) is 6.92 Å². The van der Waals surface area contributed by atoms with Gasteiger partial charge in [-0.05, 0) is 19.1 Å². The van der Waals surface area contributed by atoms with E-state index in [-0.39, 0.29) is 18.9 Å². The van der Waals surface area contributed by atoms with Gasteiger partial charge in [0.25, 0.3) is 0 Å². The summed E-state index contributed by atoms with van der Waals surface area (Å²) >= 11 is 0. The fourth-order valence-electron chi connectivity index (χ4n) is 1.90. The second kappa shape index (κ2) is 4.71. The largest absolute Gasteiger partial charge is 0.492 e. The molecule has 0 saturated carbocycles. The van der Waals surface area contributed by atoms with Crippen LogP contribution in [-0.2, 0) is 4.79 Å². The standard InChI is InChI=1S/C12H14FNO3/c1-2-17-11-5-8(13)3-4-10(11)14-7-9(15)6-12(14)16/h3-5,9,15H,2,6-7H2,1H3. The van der Waals surface area contributed by atoms with Gasteiger partial charge in [0.05, 0.1) is 31.4 Å². The summed E-state index contributed by atoms with van der Waals surface area (Å²) < 4.78 is 18.4. The predicted molar refractivity (Wildman–Crippen MR) is 60.5 cm³/mol. The number of β-amino-alcohol motifs (C(OH)–C–C–N with tert-alkyl or cyclic N) is 1. The maximum Gasteiger partial charge on any atom is 0.229 e. The van der Waals surface area contributed by atoms with E-state index in [1.165, 1.54) is 23.1 Å². The summed E-state index contributed by atoms with van der Waals surface area (Å²) in [7, 11) is 0. The average molecular weight is 239 g/mol. The highest BCUT2D eigenvalue weighted by atomic mass is 19.1. The van der Waals surface area contributed by atoms with Crippen molar-refractivity contribution in [2.24, 2.45) is 0 Å². The Morgan fingerprint density at radius 1 is 1.59 bits per heavy atom. The number of ether oxygens (including phenoxy) is 1. The molecule has 0 aliphatic carbocycles. The summed E-state index contributed by atoms with van der Waals surface area (Å²) in [5.41, 5.74) is 0.509. The number of benzene rings is 1. The van der Waals surface area contributed by atoms with E-state index in [4.69, 9.17) is 4.74 Å². The van der Waals surface area contributed by atoms with E-state index in [9.17, 15) is 14.3 Å². The number of aliphatic hydroxyl groups is 1. The van der Waals surface area contributed by atoms with Crippen molar-refractivity contribution in [2.45, 2.75) is 19.4 Å². The van der Waals surface area contributed by atoms with Gasteiger partial charge in [0.15, 0.2) is 0 Å². The molecule has 5 heteroatoms. The monoisotopic (exact) mass is 239 g/mol. The third-order valence-corrected chi connectivity index (χ3v) is 2.62. The lowest BCUT2D eigenvalue weighted by Crippen LogP contribution is -2.25. The zero-order valence-electron chi connectivity index (χ0n) is 9.52. The Morgan fingerprint density at radius 2 is 2.35 bits per heavy atom. The second-order valence-electron chi connectivity index (χ2n) is 3.91. The molecule has 1 aromatic rings. The molecule has 0 bridgehead atoms. The molecule has 1 atom stereocenters. The number of hydrogen-bond donors (Lipinski definition) is 1. The molecule has 1 N–H and O–H groups in total. The molecule has 1 aromatic carbocycles. The maximum absolute atomic E-state index is 13.1. The number of aliphatic hydroxyl groups excluding tert-OH is 1. The van der Waals surface area contributed by atoms with E-state index in [0.29, 0.717) is 18.0 Å². The van der Waals surface area contributed by atoms with Crippen LogP contribution in [0, 0.1) is 5.82 Å². The Morgan fingerprint density at radius 3 is 2.94 bits per heavy atom. The van der Waals surface area contributed by atoms with Crippen LogP contribution in [0.4, 0.5) is 10.1 Å². The smallest absolute Gasteiger partial charge is 0.229 e. The third-order valence-electron chi connectivity index (χ3n) is 2.62. The number of halogens is 1. The summed E-state index contributed by atoms with van der Waals surface area (Å²) in [5.74, 6) is -0.260. The first kappa shape index (κ1) is 11.9. The zero-order valence-corrected chi connectivity index (χ0v) is 9.52. The molecule has 1 amide bonds. The van der Waals surface area contributed by atoms with Crippen LogP contribution in [0.2, 0.25) is 0 Å². The SMILES string of the molecule is CCOc1cc(F)ccc1N1CC(O)CC1=O. The van der Waals surface area contributed by atoms with Crippen LogP contribution >= 0.6 is 0 Å². The second-order valence-corrected chi connectivity index (χ2v) is 3.91. The van der Waals surface area contributed by atoms with Gasteiger partial charge in [-0.2, -0.15) is 0 Å². The minimum atomic E-state index is -0.665. The van der Waals surface area contributed by atoms with E-state index in [2.05, 4.69) is 0 Å². The Kier molecular flexibility index (Phi) is 3.28. The molecule has 1 aliphatic heterocycles. The van der Waals surface area contributed by atoms with Gasteiger partial charge >= 0.3 is 0 Å². The lowest BCUT2D eigenvalue weighted by Gasteiger charge is -2.19. The van der Waals surface area contributed by atoms with E-state index < -0.39 is 11.9 Å². The number of anilines is 1. The van der Waals surface area contributed by atoms with Gasteiger partial charge in [-0.25, -0.2) is 4.39 Å². The van der Waals surface area contributed by atoms with Crippen LogP contribution in [0.5, 0.6) is 5.75 Å². The van der Waals surface area contributed by atoms with Crippen molar-refractivity contribution in [3.8, 4) is 5.75 Å². The predicted octanol–water partition coefficient (Wildman–Crippen LogP) is 1.32. The number of nitrogens with zero attached hydrogens (tertiary/aromatic N) is 1. The van der Waals surface area contributed by atoms with E-state index in [0.717, 1.165) is 0 Å². The normalized spacial score (nSPS) is 19.8. The number of carbonyl (C=O) groups excluding carboxylic acids is 1. The zero-order chi connectivity index (χ0) is 12.4. The van der Waals surface area contributed by atoms with Crippen LogP contribution in [-0.4, -0.2) is 30.3 Å². The number of hydrogen-bond acceptors (Lipinski definition) is 3. The van der Waals surface area contributed by atoms with Crippen molar-refractivity contribution in [1.29, 1.82) is 0 Å². The highest BCUT2D eigenvalue weighted by molar-refractivity contribution is 5.97. The lowest BCUT2D eigenvalue weighted by atomic mass is 10.2.